The minimum Gasteiger partial charge on any atom is -0.261 e. The first-order valence-corrected chi connectivity index (χ1v) is 6.47. The van der Waals surface area contributed by atoms with Crippen molar-refractivity contribution in [1.82, 2.24) is 9.97 Å². The summed E-state index contributed by atoms with van der Waals surface area (Å²) in [6.45, 7) is 0. The van der Waals surface area contributed by atoms with Crippen LogP contribution in [0.5, 0.6) is 0 Å². The van der Waals surface area contributed by atoms with E-state index in [9.17, 15) is 10.1 Å². The Morgan fingerprint density at radius 2 is 2.00 bits per heavy atom. The quantitative estimate of drug-likeness (QED) is 0.453. The second-order valence-corrected chi connectivity index (χ2v) is 4.46. The highest BCUT2D eigenvalue weighted by atomic mass is 16.6. The van der Waals surface area contributed by atoms with E-state index in [1.165, 1.54) is 24.7 Å². The SMILES string of the molecule is O=[N+]([O-])c1cccc(/C=N/Nc2ncnc3ccccc23)c1. The first kappa shape index (κ1) is 13.6. The van der Waals surface area contributed by atoms with Crippen molar-refractivity contribution in [1.29, 1.82) is 0 Å². The number of hydrazone groups is 1. The van der Waals surface area contributed by atoms with Gasteiger partial charge in [0.25, 0.3) is 5.69 Å². The molecule has 0 bridgehead atoms. The predicted molar refractivity (Wildman–Crippen MR) is 83.9 cm³/mol. The molecule has 0 amide bonds. The Balaban J connectivity index is 1.82. The molecular weight excluding hydrogens is 282 g/mol. The Morgan fingerprint density at radius 3 is 2.86 bits per heavy atom. The molecule has 0 saturated heterocycles. The molecule has 0 atom stereocenters. The van der Waals surface area contributed by atoms with Crippen LogP contribution in [-0.2, 0) is 0 Å². The van der Waals surface area contributed by atoms with Crippen LogP contribution in [0.25, 0.3) is 10.9 Å². The maximum absolute atomic E-state index is 10.7. The average Bonchev–Trinajstić information content (AvgIpc) is 2.55. The molecule has 0 saturated carbocycles. The van der Waals surface area contributed by atoms with Crippen molar-refractivity contribution in [2.75, 3.05) is 5.43 Å². The van der Waals surface area contributed by atoms with Crippen LogP contribution in [0.2, 0.25) is 0 Å². The molecule has 2 aromatic carbocycles. The molecule has 0 unspecified atom stereocenters. The number of nitrogens with one attached hydrogen (secondary N) is 1. The third-order valence-electron chi connectivity index (χ3n) is 3.01. The molecule has 0 aliphatic carbocycles. The van der Waals surface area contributed by atoms with Gasteiger partial charge in [-0.2, -0.15) is 5.10 Å². The molecular formula is C15H11N5O2. The zero-order chi connectivity index (χ0) is 15.4. The van der Waals surface area contributed by atoms with Gasteiger partial charge in [0, 0.05) is 23.1 Å². The van der Waals surface area contributed by atoms with Gasteiger partial charge in [-0.05, 0) is 12.1 Å². The number of fused-ring (bicyclic) bond motifs is 1. The first-order valence-electron chi connectivity index (χ1n) is 6.47. The van der Waals surface area contributed by atoms with Crippen molar-refractivity contribution in [2.45, 2.75) is 0 Å². The van der Waals surface area contributed by atoms with Gasteiger partial charge in [0.15, 0.2) is 5.82 Å². The van der Waals surface area contributed by atoms with Gasteiger partial charge in [0.2, 0.25) is 0 Å². The lowest BCUT2D eigenvalue weighted by Gasteiger charge is -2.03. The molecule has 7 heteroatoms. The van der Waals surface area contributed by atoms with E-state index in [2.05, 4.69) is 20.5 Å². The molecule has 7 nitrogen and oxygen atoms in total. The molecule has 22 heavy (non-hydrogen) atoms. The molecule has 1 aromatic heterocycles. The van der Waals surface area contributed by atoms with Crippen molar-refractivity contribution < 1.29 is 4.92 Å². The van der Waals surface area contributed by atoms with E-state index in [4.69, 9.17) is 0 Å². The molecule has 108 valence electrons. The summed E-state index contributed by atoms with van der Waals surface area (Å²) in [5, 5.41) is 15.6. The number of benzene rings is 2. The van der Waals surface area contributed by atoms with Gasteiger partial charge in [0.05, 0.1) is 16.7 Å². The van der Waals surface area contributed by atoms with E-state index in [-0.39, 0.29) is 5.69 Å². The van der Waals surface area contributed by atoms with E-state index in [1.807, 2.05) is 24.3 Å². The van der Waals surface area contributed by atoms with Crippen molar-refractivity contribution in [2.24, 2.45) is 5.10 Å². The number of nitro benzene ring substituents is 1. The van der Waals surface area contributed by atoms with Gasteiger partial charge in [-0.3, -0.25) is 15.5 Å². The van der Waals surface area contributed by atoms with Gasteiger partial charge >= 0.3 is 0 Å². The van der Waals surface area contributed by atoms with Crippen LogP contribution in [-0.4, -0.2) is 21.1 Å². The fraction of sp³-hybridized carbons (Fsp3) is 0. The number of nitro groups is 1. The molecule has 0 aliphatic rings. The normalized spacial score (nSPS) is 10.9. The standard InChI is InChI=1S/C15H11N5O2/c21-20(22)12-5-3-4-11(8-12)9-18-19-15-13-6-1-2-7-14(13)16-10-17-15/h1-10H,(H,16,17,19)/b18-9+. The highest BCUT2D eigenvalue weighted by molar-refractivity contribution is 5.89. The summed E-state index contributed by atoms with van der Waals surface area (Å²) in [5.41, 5.74) is 4.29. The van der Waals surface area contributed by atoms with Gasteiger partial charge in [-0.15, -0.1) is 0 Å². The summed E-state index contributed by atoms with van der Waals surface area (Å²) in [6, 6.07) is 13.8. The second-order valence-electron chi connectivity index (χ2n) is 4.46. The largest absolute Gasteiger partial charge is 0.270 e. The summed E-state index contributed by atoms with van der Waals surface area (Å²) < 4.78 is 0. The molecule has 0 aliphatic heterocycles. The van der Waals surface area contributed by atoms with Crippen LogP contribution < -0.4 is 5.43 Å². The minimum absolute atomic E-state index is 0.0245. The predicted octanol–water partition coefficient (Wildman–Crippen LogP) is 2.98. The Hall–Kier alpha value is -3.35. The lowest BCUT2D eigenvalue weighted by atomic mass is 10.2. The lowest BCUT2D eigenvalue weighted by Crippen LogP contribution is -1.96. The highest BCUT2D eigenvalue weighted by Crippen LogP contribution is 2.18. The molecule has 1 heterocycles. The number of hydrogen-bond acceptors (Lipinski definition) is 6. The second kappa shape index (κ2) is 5.96. The number of nitrogens with zero attached hydrogens (tertiary/aromatic N) is 4. The zero-order valence-electron chi connectivity index (χ0n) is 11.4. The third kappa shape index (κ3) is 2.88. The van der Waals surface area contributed by atoms with Crippen LogP contribution >= 0.6 is 0 Å². The molecule has 0 radical (unpaired) electrons. The zero-order valence-corrected chi connectivity index (χ0v) is 11.4. The van der Waals surface area contributed by atoms with Crippen LogP contribution in [0.4, 0.5) is 11.5 Å². The van der Waals surface area contributed by atoms with Crippen LogP contribution in [0.15, 0.2) is 60.0 Å². The van der Waals surface area contributed by atoms with Crippen molar-refractivity contribution in [3.8, 4) is 0 Å². The van der Waals surface area contributed by atoms with Crippen molar-refractivity contribution in [3.05, 3.63) is 70.5 Å². The van der Waals surface area contributed by atoms with Gasteiger partial charge < -0.3 is 0 Å². The smallest absolute Gasteiger partial charge is 0.261 e. The molecule has 3 aromatic rings. The third-order valence-corrected chi connectivity index (χ3v) is 3.01. The summed E-state index contributed by atoms with van der Waals surface area (Å²) in [4.78, 5) is 18.6. The van der Waals surface area contributed by atoms with Gasteiger partial charge in [-0.1, -0.05) is 24.3 Å². The van der Waals surface area contributed by atoms with E-state index in [0.29, 0.717) is 11.4 Å². The fourth-order valence-corrected chi connectivity index (χ4v) is 1.98. The van der Waals surface area contributed by atoms with E-state index in [0.717, 1.165) is 10.9 Å². The monoisotopic (exact) mass is 293 g/mol. The maximum atomic E-state index is 10.7. The highest BCUT2D eigenvalue weighted by Gasteiger charge is 2.04. The lowest BCUT2D eigenvalue weighted by molar-refractivity contribution is -0.384. The summed E-state index contributed by atoms with van der Waals surface area (Å²) >= 11 is 0. The Morgan fingerprint density at radius 1 is 1.14 bits per heavy atom. The number of anilines is 1. The Bertz CT molecular complexity index is 858. The number of hydrogen-bond donors (Lipinski definition) is 1. The number of non-ortho nitro benzene ring substituents is 1. The summed E-state index contributed by atoms with van der Waals surface area (Å²) in [7, 11) is 0. The van der Waals surface area contributed by atoms with E-state index < -0.39 is 4.92 Å². The topological polar surface area (TPSA) is 93.3 Å². The summed E-state index contributed by atoms with van der Waals surface area (Å²) in [6.07, 6.45) is 2.96. The van der Waals surface area contributed by atoms with Crippen molar-refractivity contribution >= 4 is 28.6 Å². The minimum atomic E-state index is -0.442. The molecule has 1 N–H and O–H groups in total. The van der Waals surface area contributed by atoms with Crippen LogP contribution in [0, 0.1) is 10.1 Å². The van der Waals surface area contributed by atoms with Crippen molar-refractivity contribution in [3.63, 3.8) is 0 Å². The average molecular weight is 293 g/mol. The summed E-state index contributed by atoms with van der Waals surface area (Å²) in [5.74, 6) is 0.576. The maximum Gasteiger partial charge on any atom is 0.270 e. The Labute approximate surface area is 125 Å². The number of aromatic nitrogens is 2. The molecule has 0 spiro atoms. The van der Waals surface area contributed by atoms with E-state index >= 15 is 0 Å². The van der Waals surface area contributed by atoms with Crippen LogP contribution in [0.1, 0.15) is 5.56 Å². The first-order chi connectivity index (χ1) is 10.7. The molecule has 0 fully saturated rings. The van der Waals surface area contributed by atoms with Gasteiger partial charge in [-0.25, -0.2) is 9.97 Å². The van der Waals surface area contributed by atoms with Gasteiger partial charge in [0.1, 0.15) is 6.33 Å². The van der Waals surface area contributed by atoms with E-state index in [1.54, 1.807) is 12.1 Å². The fourth-order valence-electron chi connectivity index (χ4n) is 1.98. The van der Waals surface area contributed by atoms with Crippen LogP contribution in [0.3, 0.4) is 0 Å². The Kier molecular flexibility index (Phi) is 3.69. The number of para-hydroxylation sites is 1. The molecule has 3 rings (SSSR count). The number of rotatable bonds is 4.